The summed E-state index contributed by atoms with van der Waals surface area (Å²) in [6.45, 7) is 4.12. The zero-order chi connectivity index (χ0) is 13.8. The maximum atomic E-state index is 13.2. The van der Waals surface area contributed by atoms with E-state index in [2.05, 4.69) is 40.1 Å². The highest BCUT2D eigenvalue weighted by atomic mass is 79.9. The van der Waals surface area contributed by atoms with Crippen LogP contribution < -0.4 is 5.32 Å². The Hall–Kier alpha value is -1.26. The predicted octanol–water partition coefficient (Wildman–Crippen LogP) is 4.40. The number of pyridine rings is 1. The lowest BCUT2D eigenvalue weighted by Gasteiger charge is -2.20. The Morgan fingerprint density at radius 3 is 2.58 bits per heavy atom. The van der Waals surface area contributed by atoms with Crippen molar-refractivity contribution >= 4 is 15.9 Å². The van der Waals surface area contributed by atoms with Crippen molar-refractivity contribution in [3.05, 3.63) is 64.1 Å². The summed E-state index contributed by atoms with van der Waals surface area (Å²) in [6.07, 6.45) is 1.78. The van der Waals surface area contributed by atoms with E-state index in [0.29, 0.717) is 4.47 Å². The van der Waals surface area contributed by atoms with Crippen LogP contribution in [0, 0.1) is 5.82 Å². The van der Waals surface area contributed by atoms with Crippen LogP contribution in [-0.2, 0) is 0 Å². The molecule has 2 aromatic rings. The lowest BCUT2D eigenvalue weighted by atomic mass is 10.1. The van der Waals surface area contributed by atoms with Crippen molar-refractivity contribution in [2.75, 3.05) is 0 Å². The van der Waals surface area contributed by atoms with Crippen molar-refractivity contribution in [2.45, 2.75) is 25.9 Å². The highest BCUT2D eigenvalue weighted by molar-refractivity contribution is 9.10. The van der Waals surface area contributed by atoms with Crippen LogP contribution in [0.1, 0.15) is 37.2 Å². The number of nitrogens with one attached hydrogen (secondary N) is 1. The minimum absolute atomic E-state index is 0.119. The molecule has 0 radical (unpaired) electrons. The standard InChI is InChI=1S/C15H16BrFN2/c1-10(12-6-7-14(17)13(16)9-12)19-11(2)15-5-3-4-8-18-15/h3-11,19H,1-2H3/t10?,11-/m1/s1. The van der Waals surface area contributed by atoms with Gasteiger partial charge in [0, 0.05) is 18.3 Å². The topological polar surface area (TPSA) is 24.9 Å². The summed E-state index contributed by atoms with van der Waals surface area (Å²) in [5.41, 5.74) is 2.03. The zero-order valence-electron chi connectivity index (χ0n) is 10.9. The van der Waals surface area contributed by atoms with Crippen molar-refractivity contribution in [1.82, 2.24) is 10.3 Å². The molecule has 100 valence electrons. The van der Waals surface area contributed by atoms with E-state index in [1.54, 1.807) is 18.3 Å². The summed E-state index contributed by atoms with van der Waals surface area (Å²) in [5, 5.41) is 3.45. The van der Waals surface area contributed by atoms with Crippen LogP contribution in [0.2, 0.25) is 0 Å². The van der Waals surface area contributed by atoms with Crippen molar-refractivity contribution in [2.24, 2.45) is 0 Å². The molecule has 0 aliphatic rings. The van der Waals surface area contributed by atoms with Crippen LogP contribution in [0.3, 0.4) is 0 Å². The molecule has 2 atom stereocenters. The minimum atomic E-state index is -0.242. The van der Waals surface area contributed by atoms with Gasteiger partial charge in [-0.25, -0.2) is 4.39 Å². The molecular weight excluding hydrogens is 307 g/mol. The maximum absolute atomic E-state index is 13.2. The lowest BCUT2D eigenvalue weighted by molar-refractivity contribution is 0.485. The van der Waals surface area contributed by atoms with Gasteiger partial charge in [0.05, 0.1) is 10.2 Å². The SMILES string of the molecule is CC(N[C@H](C)c1ccccn1)c1ccc(F)c(Br)c1. The highest BCUT2D eigenvalue weighted by Gasteiger charge is 2.12. The number of hydrogen-bond donors (Lipinski definition) is 1. The Kier molecular flexibility index (Phi) is 4.66. The van der Waals surface area contributed by atoms with Gasteiger partial charge >= 0.3 is 0 Å². The summed E-state index contributed by atoms with van der Waals surface area (Å²) in [4.78, 5) is 4.33. The summed E-state index contributed by atoms with van der Waals surface area (Å²) < 4.78 is 13.7. The first-order chi connectivity index (χ1) is 9.08. The molecule has 0 amide bonds. The molecule has 1 unspecified atom stereocenters. The van der Waals surface area contributed by atoms with Crippen LogP contribution in [0.25, 0.3) is 0 Å². The van der Waals surface area contributed by atoms with Crippen LogP contribution in [0.4, 0.5) is 4.39 Å². The van der Waals surface area contributed by atoms with Crippen molar-refractivity contribution in [1.29, 1.82) is 0 Å². The first-order valence-corrected chi connectivity index (χ1v) is 6.99. The summed E-state index contributed by atoms with van der Waals surface area (Å²) in [7, 11) is 0. The van der Waals surface area contributed by atoms with Crippen LogP contribution >= 0.6 is 15.9 Å². The van der Waals surface area contributed by atoms with Gasteiger partial charge in [0.15, 0.2) is 0 Å². The molecule has 1 N–H and O–H groups in total. The fraction of sp³-hybridized carbons (Fsp3) is 0.267. The number of benzene rings is 1. The smallest absolute Gasteiger partial charge is 0.137 e. The Balaban J connectivity index is 2.08. The fourth-order valence-corrected chi connectivity index (χ4v) is 2.37. The van der Waals surface area contributed by atoms with E-state index in [0.717, 1.165) is 11.3 Å². The van der Waals surface area contributed by atoms with E-state index >= 15 is 0 Å². The quantitative estimate of drug-likeness (QED) is 0.902. The van der Waals surface area contributed by atoms with Gasteiger partial charge in [-0.05, 0) is 59.6 Å². The Morgan fingerprint density at radius 2 is 1.95 bits per heavy atom. The average molecular weight is 323 g/mol. The summed E-state index contributed by atoms with van der Waals surface area (Å²) in [6, 6.07) is 11.2. The van der Waals surface area contributed by atoms with Gasteiger partial charge in [-0.3, -0.25) is 4.98 Å². The molecule has 0 fully saturated rings. The number of aromatic nitrogens is 1. The Labute approximate surface area is 121 Å². The third-order valence-electron chi connectivity index (χ3n) is 3.08. The largest absolute Gasteiger partial charge is 0.302 e. The first kappa shape index (κ1) is 14.2. The molecule has 2 rings (SSSR count). The van der Waals surface area contributed by atoms with Gasteiger partial charge in [0.25, 0.3) is 0 Å². The van der Waals surface area contributed by atoms with E-state index in [4.69, 9.17) is 0 Å². The van der Waals surface area contributed by atoms with E-state index in [-0.39, 0.29) is 17.9 Å². The van der Waals surface area contributed by atoms with Crippen molar-refractivity contribution in [3.8, 4) is 0 Å². The molecule has 4 heteroatoms. The lowest BCUT2D eigenvalue weighted by Crippen LogP contribution is -2.23. The summed E-state index contributed by atoms with van der Waals surface area (Å²) >= 11 is 3.21. The van der Waals surface area contributed by atoms with Gasteiger partial charge in [-0.2, -0.15) is 0 Å². The molecule has 1 heterocycles. The number of nitrogens with zero attached hydrogens (tertiary/aromatic N) is 1. The molecule has 0 aliphatic heterocycles. The molecule has 0 spiro atoms. The molecule has 2 nitrogen and oxygen atoms in total. The van der Waals surface area contributed by atoms with E-state index < -0.39 is 0 Å². The van der Waals surface area contributed by atoms with E-state index in [1.807, 2.05) is 18.2 Å². The van der Waals surface area contributed by atoms with Crippen molar-refractivity contribution in [3.63, 3.8) is 0 Å². The third-order valence-corrected chi connectivity index (χ3v) is 3.68. The van der Waals surface area contributed by atoms with E-state index in [9.17, 15) is 4.39 Å². The second-order valence-corrected chi connectivity index (χ2v) is 5.39. The second-order valence-electron chi connectivity index (χ2n) is 4.54. The summed E-state index contributed by atoms with van der Waals surface area (Å²) in [5.74, 6) is -0.242. The van der Waals surface area contributed by atoms with Crippen molar-refractivity contribution < 1.29 is 4.39 Å². The third kappa shape index (κ3) is 3.61. The molecule has 0 aliphatic carbocycles. The maximum Gasteiger partial charge on any atom is 0.137 e. The highest BCUT2D eigenvalue weighted by Crippen LogP contribution is 2.23. The van der Waals surface area contributed by atoms with E-state index in [1.165, 1.54) is 6.07 Å². The fourth-order valence-electron chi connectivity index (χ4n) is 1.97. The molecule has 0 saturated heterocycles. The van der Waals surface area contributed by atoms with Crippen LogP contribution in [-0.4, -0.2) is 4.98 Å². The first-order valence-electron chi connectivity index (χ1n) is 6.20. The minimum Gasteiger partial charge on any atom is -0.302 e. The van der Waals surface area contributed by atoms with Gasteiger partial charge in [-0.1, -0.05) is 12.1 Å². The van der Waals surface area contributed by atoms with Gasteiger partial charge in [0.2, 0.25) is 0 Å². The number of rotatable bonds is 4. The Bertz CT molecular complexity index is 545. The zero-order valence-corrected chi connectivity index (χ0v) is 12.5. The average Bonchev–Trinajstić information content (AvgIpc) is 2.42. The van der Waals surface area contributed by atoms with Crippen LogP contribution in [0.15, 0.2) is 47.1 Å². The van der Waals surface area contributed by atoms with Gasteiger partial charge < -0.3 is 5.32 Å². The molecule has 1 aromatic carbocycles. The molecule has 19 heavy (non-hydrogen) atoms. The monoisotopic (exact) mass is 322 g/mol. The van der Waals surface area contributed by atoms with Crippen LogP contribution in [0.5, 0.6) is 0 Å². The molecule has 0 bridgehead atoms. The predicted molar refractivity (Wildman–Crippen MR) is 78.3 cm³/mol. The molecule has 1 aromatic heterocycles. The second kappa shape index (κ2) is 6.26. The normalized spacial score (nSPS) is 14.1. The Morgan fingerprint density at radius 1 is 1.16 bits per heavy atom. The number of hydrogen-bond acceptors (Lipinski definition) is 2. The van der Waals surface area contributed by atoms with Gasteiger partial charge in [-0.15, -0.1) is 0 Å². The molecular formula is C15H16BrFN2. The van der Waals surface area contributed by atoms with Gasteiger partial charge in [0.1, 0.15) is 5.82 Å². The molecule has 0 saturated carbocycles. The number of halogens is 2.